The zero-order chi connectivity index (χ0) is 12.3. The number of carbonyl (C=O) groups is 1. The lowest BCUT2D eigenvalue weighted by Crippen LogP contribution is -2.34. The smallest absolute Gasteiger partial charge is 0.253 e. The van der Waals surface area contributed by atoms with E-state index in [1.54, 1.807) is 18.0 Å². The van der Waals surface area contributed by atoms with E-state index in [4.69, 9.17) is 0 Å². The summed E-state index contributed by atoms with van der Waals surface area (Å²) >= 11 is 1.73. The number of rotatable bonds is 4. The van der Waals surface area contributed by atoms with Crippen molar-refractivity contribution < 1.29 is 4.79 Å². The Labute approximate surface area is 105 Å². The van der Waals surface area contributed by atoms with Crippen LogP contribution in [-0.2, 0) is 0 Å². The normalized spacial score (nSPS) is 12.6. The topological polar surface area (TPSA) is 44.9 Å². The van der Waals surface area contributed by atoms with Crippen molar-refractivity contribution in [2.24, 2.45) is 0 Å². The van der Waals surface area contributed by atoms with Crippen LogP contribution in [0.25, 0.3) is 10.9 Å². The Kier molecular flexibility index (Phi) is 3.74. The summed E-state index contributed by atoms with van der Waals surface area (Å²) in [5.74, 6) is 0.915. The van der Waals surface area contributed by atoms with Crippen molar-refractivity contribution in [1.29, 1.82) is 0 Å². The number of aromatic nitrogens is 1. The minimum atomic E-state index is -0.0102. The predicted molar refractivity (Wildman–Crippen MR) is 73.6 cm³/mol. The summed E-state index contributed by atoms with van der Waals surface area (Å²) in [4.78, 5) is 15.2. The number of aromatic amines is 1. The third kappa shape index (κ3) is 2.64. The van der Waals surface area contributed by atoms with Gasteiger partial charge in [-0.3, -0.25) is 4.79 Å². The Morgan fingerprint density at radius 3 is 3.00 bits per heavy atom. The highest BCUT2D eigenvalue weighted by molar-refractivity contribution is 7.98. The van der Waals surface area contributed by atoms with Crippen molar-refractivity contribution >= 4 is 28.6 Å². The molecule has 1 aromatic heterocycles. The first-order valence-corrected chi connectivity index (χ1v) is 6.97. The van der Waals surface area contributed by atoms with Crippen molar-refractivity contribution in [3.63, 3.8) is 0 Å². The van der Waals surface area contributed by atoms with Crippen molar-refractivity contribution in [2.75, 3.05) is 12.0 Å². The van der Waals surface area contributed by atoms with Gasteiger partial charge in [0.1, 0.15) is 0 Å². The average Bonchev–Trinajstić information content (AvgIpc) is 2.72. The molecule has 4 heteroatoms. The number of benzene rings is 1. The summed E-state index contributed by atoms with van der Waals surface area (Å²) < 4.78 is 0. The number of nitrogens with one attached hydrogen (secondary N) is 2. The van der Waals surface area contributed by atoms with E-state index in [-0.39, 0.29) is 11.9 Å². The Bertz CT molecular complexity index is 521. The Morgan fingerprint density at radius 2 is 2.24 bits per heavy atom. The Hall–Kier alpha value is -1.42. The fourth-order valence-corrected chi connectivity index (χ4v) is 2.44. The molecule has 1 atom stereocenters. The number of fused-ring (bicyclic) bond motifs is 1. The predicted octanol–water partition coefficient (Wildman–Crippen LogP) is 2.65. The van der Waals surface area contributed by atoms with Crippen molar-refractivity contribution in [3.05, 3.63) is 36.0 Å². The third-order valence-corrected chi connectivity index (χ3v) is 3.46. The Morgan fingerprint density at radius 1 is 1.47 bits per heavy atom. The lowest BCUT2D eigenvalue weighted by atomic mass is 10.1. The third-order valence-electron chi connectivity index (χ3n) is 2.63. The minimum Gasteiger partial charge on any atom is -0.360 e. The minimum absolute atomic E-state index is 0.0102. The van der Waals surface area contributed by atoms with Gasteiger partial charge in [-0.25, -0.2) is 0 Å². The first-order chi connectivity index (χ1) is 8.22. The highest BCUT2D eigenvalue weighted by Gasteiger charge is 2.13. The van der Waals surface area contributed by atoms with Crippen LogP contribution in [0.2, 0.25) is 0 Å². The van der Waals surface area contributed by atoms with Gasteiger partial charge in [-0.05, 0) is 19.2 Å². The zero-order valence-electron chi connectivity index (χ0n) is 9.99. The molecule has 2 rings (SSSR count). The maximum atomic E-state index is 12.1. The standard InChI is InChI=1S/C13H16N2OS/c1-9(8-17-2)15-13(16)11-7-14-12-6-4-3-5-10(11)12/h3-7,9,14H,8H2,1-2H3,(H,15,16). The van der Waals surface area contributed by atoms with Gasteiger partial charge < -0.3 is 10.3 Å². The molecule has 17 heavy (non-hydrogen) atoms. The van der Waals surface area contributed by atoms with Crippen LogP contribution in [0.1, 0.15) is 17.3 Å². The van der Waals surface area contributed by atoms with E-state index < -0.39 is 0 Å². The van der Waals surface area contributed by atoms with Gasteiger partial charge in [-0.15, -0.1) is 0 Å². The molecule has 0 saturated heterocycles. The molecule has 0 bridgehead atoms. The van der Waals surface area contributed by atoms with Gasteiger partial charge in [0.05, 0.1) is 5.56 Å². The lowest BCUT2D eigenvalue weighted by Gasteiger charge is -2.11. The van der Waals surface area contributed by atoms with E-state index in [0.717, 1.165) is 16.7 Å². The highest BCUT2D eigenvalue weighted by Crippen LogP contribution is 2.17. The van der Waals surface area contributed by atoms with E-state index in [9.17, 15) is 4.79 Å². The molecule has 0 saturated carbocycles. The van der Waals surface area contributed by atoms with E-state index in [0.29, 0.717) is 5.56 Å². The van der Waals surface area contributed by atoms with Gasteiger partial charge in [0.2, 0.25) is 0 Å². The monoisotopic (exact) mass is 248 g/mol. The van der Waals surface area contributed by atoms with Crippen LogP contribution in [0.4, 0.5) is 0 Å². The first-order valence-electron chi connectivity index (χ1n) is 5.58. The molecule has 90 valence electrons. The van der Waals surface area contributed by atoms with E-state index in [1.807, 2.05) is 37.4 Å². The average molecular weight is 248 g/mol. The summed E-state index contributed by atoms with van der Waals surface area (Å²) in [6, 6.07) is 8.01. The van der Waals surface area contributed by atoms with Crippen LogP contribution < -0.4 is 5.32 Å². The molecule has 1 unspecified atom stereocenters. The maximum Gasteiger partial charge on any atom is 0.253 e. The van der Waals surface area contributed by atoms with Crippen molar-refractivity contribution in [1.82, 2.24) is 10.3 Å². The molecule has 1 amide bonds. The van der Waals surface area contributed by atoms with Gasteiger partial charge in [0, 0.05) is 28.9 Å². The summed E-state index contributed by atoms with van der Waals surface area (Å²) in [5.41, 5.74) is 1.71. The molecular weight excluding hydrogens is 232 g/mol. The first kappa shape index (κ1) is 12.0. The van der Waals surface area contributed by atoms with Crippen LogP contribution in [-0.4, -0.2) is 28.9 Å². The van der Waals surface area contributed by atoms with E-state index >= 15 is 0 Å². The van der Waals surface area contributed by atoms with Gasteiger partial charge >= 0.3 is 0 Å². The highest BCUT2D eigenvalue weighted by atomic mass is 32.2. The number of para-hydroxylation sites is 1. The number of amides is 1. The molecule has 0 fully saturated rings. The summed E-state index contributed by atoms with van der Waals surface area (Å²) in [7, 11) is 0. The van der Waals surface area contributed by atoms with Crippen LogP contribution in [0.15, 0.2) is 30.5 Å². The molecular formula is C13H16N2OS. The number of hydrogen-bond donors (Lipinski definition) is 2. The molecule has 3 nitrogen and oxygen atoms in total. The number of thioether (sulfide) groups is 1. The van der Waals surface area contributed by atoms with Crippen LogP contribution in [0, 0.1) is 0 Å². The van der Waals surface area contributed by atoms with Crippen molar-refractivity contribution in [2.45, 2.75) is 13.0 Å². The number of carbonyl (C=O) groups excluding carboxylic acids is 1. The maximum absolute atomic E-state index is 12.1. The van der Waals surface area contributed by atoms with E-state index in [1.165, 1.54) is 0 Å². The van der Waals surface area contributed by atoms with Crippen LogP contribution in [0.3, 0.4) is 0 Å². The number of H-pyrrole nitrogens is 1. The SMILES string of the molecule is CSCC(C)NC(=O)c1c[nH]c2ccccc12. The second kappa shape index (κ2) is 5.27. The van der Waals surface area contributed by atoms with Gasteiger partial charge in [-0.2, -0.15) is 11.8 Å². The molecule has 0 aliphatic rings. The van der Waals surface area contributed by atoms with Gasteiger partial charge in [-0.1, -0.05) is 18.2 Å². The summed E-state index contributed by atoms with van der Waals surface area (Å²) in [6.07, 6.45) is 3.81. The van der Waals surface area contributed by atoms with Gasteiger partial charge in [0.15, 0.2) is 0 Å². The van der Waals surface area contributed by atoms with Crippen LogP contribution >= 0.6 is 11.8 Å². The molecule has 0 aliphatic carbocycles. The molecule has 0 spiro atoms. The largest absolute Gasteiger partial charge is 0.360 e. The zero-order valence-corrected chi connectivity index (χ0v) is 10.8. The lowest BCUT2D eigenvalue weighted by molar-refractivity contribution is 0.0945. The summed E-state index contributed by atoms with van der Waals surface area (Å²) in [6.45, 7) is 2.02. The molecule has 2 N–H and O–H groups in total. The quantitative estimate of drug-likeness (QED) is 0.873. The van der Waals surface area contributed by atoms with Crippen molar-refractivity contribution in [3.8, 4) is 0 Å². The molecule has 0 radical (unpaired) electrons. The summed E-state index contributed by atoms with van der Waals surface area (Å²) in [5, 5.41) is 3.97. The molecule has 1 heterocycles. The van der Waals surface area contributed by atoms with Gasteiger partial charge in [0.25, 0.3) is 5.91 Å². The van der Waals surface area contributed by atoms with E-state index in [2.05, 4.69) is 10.3 Å². The second-order valence-electron chi connectivity index (χ2n) is 4.08. The fourth-order valence-electron chi connectivity index (χ4n) is 1.85. The van der Waals surface area contributed by atoms with Crippen LogP contribution in [0.5, 0.6) is 0 Å². The second-order valence-corrected chi connectivity index (χ2v) is 4.99. The Balaban J connectivity index is 2.19. The fraction of sp³-hybridized carbons (Fsp3) is 0.308. The molecule has 0 aliphatic heterocycles. The number of hydrogen-bond acceptors (Lipinski definition) is 2. The molecule has 2 aromatic rings. The molecule has 1 aromatic carbocycles.